The lowest BCUT2D eigenvalue weighted by Crippen LogP contribution is -2.44. The number of hydrogen-bond donors (Lipinski definition) is 1. The molecule has 5 rings (SSSR count). The zero-order chi connectivity index (χ0) is 22.4. The van der Waals surface area contributed by atoms with Gasteiger partial charge in [0.15, 0.2) is 11.5 Å². The molecule has 0 unspecified atom stereocenters. The lowest BCUT2D eigenvalue weighted by atomic mass is 9.88. The summed E-state index contributed by atoms with van der Waals surface area (Å²) in [5, 5.41) is 1.08. The first-order valence-corrected chi connectivity index (χ1v) is 11.0. The van der Waals surface area contributed by atoms with Crippen molar-refractivity contribution in [1.29, 1.82) is 0 Å². The molecule has 1 N–H and O–H groups in total. The van der Waals surface area contributed by atoms with Crippen LogP contribution in [0.5, 0.6) is 11.5 Å². The fourth-order valence-electron chi connectivity index (χ4n) is 5.10. The Bertz CT molecular complexity index is 1200. The topological polar surface area (TPSA) is 74.9 Å². The average Bonchev–Trinajstić information content (AvgIpc) is 3.30. The van der Waals surface area contributed by atoms with Crippen molar-refractivity contribution in [3.63, 3.8) is 0 Å². The van der Waals surface area contributed by atoms with Crippen molar-refractivity contribution in [3.8, 4) is 11.5 Å². The summed E-state index contributed by atoms with van der Waals surface area (Å²) in [6.07, 6.45) is 2.20. The predicted octanol–water partition coefficient (Wildman–Crippen LogP) is 4.26. The maximum absolute atomic E-state index is 13.6. The number of aromatic amines is 1. The lowest BCUT2D eigenvalue weighted by Gasteiger charge is -2.36. The Balaban J connectivity index is 1.73. The molecule has 3 heterocycles. The molecule has 3 aromatic rings. The van der Waals surface area contributed by atoms with Crippen LogP contribution < -0.4 is 9.47 Å². The SMILES string of the molecule is CCCCN1C(=O)[C@H]2Cc3c([nH]c4ccccc34)[C@H](c3cccc(OC)c3OC)N2C1=O. The van der Waals surface area contributed by atoms with Crippen LogP contribution >= 0.6 is 0 Å². The molecule has 3 amide bonds. The molecule has 1 fully saturated rings. The number of hydrogen-bond acceptors (Lipinski definition) is 4. The maximum atomic E-state index is 13.6. The second-order valence-electron chi connectivity index (χ2n) is 8.30. The molecule has 0 radical (unpaired) electrons. The van der Waals surface area contributed by atoms with E-state index in [2.05, 4.69) is 18.0 Å². The van der Waals surface area contributed by atoms with Gasteiger partial charge in [-0.15, -0.1) is 0 Å². The molecule has 7 heteroatoms. The Hall–Kier alpha value is -3.48. The smallest absolute Gasteiger partial charge is 0.328 e. The van der Waals surface area contributed by atoms with Gasteiger partial charge in [0.2, 0.25) is 0 Å². The predicted molar refractivity (Wildman–Crippen MR) is 121 cm³/mol. The number of urea groups is 1. The monoisotopic (exact) mass is 433 g/mol. The Morgan fingerprint density at radius 3 is 2.62 bits per heavy atom. The van der Waals surface area contributed by atoms with Crippen molar-refractivity contribution in [2.75, 3.05) is 20.8 Å². The van der Waals surface area contributed by atoms with Gasteiger partial charge >= 0.3 is 6.03 Å². The number of aromatic nitrogens is 1. The van der Waals surface area contributed by atoms with E-state index in [1.54, 1.807) is 19.1 Å². The molecule has 0 bridgehead atoms. The van der Waals surface area contributed by atoms with Gasteiger partial charge in [-0.05, 0) is 24.1 Å². The number of amides is 3. The highest BCUT2D eigenvalue weighted by molar-refractivity contribution is 6.05. The first-order valence-electron chi connectivity index (χ1n) is 11.0. The zero-order valence-electron chi connectivity index (χ0n) is 18.6. The van der Waals surface area contributed by atoms with Crippen molar-refractivity contribution in [2.24, 2.45) is 0 Å². The van der Waals surface area contributed by atoms with E-state index in [-0.39, 0.29) is 11.9 Å². The number of unbranched alkanes of at least 4 members (excludes halogenated alkanes) is 1. The van der Waals surface area contributed by atoms with E-state index >= 15 is 0 Å². The number of para-hydroxylation sites is 2. The van der Waals surface area contributed by atoms with E-state index in [1.807, 2.05) is 36.4 Å². The highest BCUT2D eigenvalue weighted by Crippen LogP contribution is 2.47. The molecule has 32 heavy (non-hydrogen) atoms. The quantitative estimate of drug-likeness (QED) is 0.590. The molecule has 2 atom stereocenters. The van der Waals surface area contributed by atoms with Gasteiger partial charge in [-0.2, -0.15) is 0 Å². The Labute approximate surface area is 186 Å². The summed E-state index contributed by atoms with van der Waals surface area (Å²) in [4.78, 5) is 33.6. The number of carbonyl (C=O) groups excluding carboxylic acids is 2. The minimum Gasteiger partial charge on any atom is -0.493 e. The van der Waals surface area contributed by atoms with Gasteiger partial charge in [-0.3, -0.25) is 14.6 Å². The highest BCUT2D eigenvalue weighted by Gasteiger charge is 2.52. The Kier molecular flexibility index (Phi) is 5.04. The fourth-order valence-corrected chi connectivity index (χ4v) is 5.10. The van der Waals surface area contributed by atoms with Gasteiger partial charge < -0.3 is 14.5 Å². The summed E-state index contributed by atoms with van der Waals surface area (Å²) >= 11 is 0. The van der Waals surface area contributed by atoms with Crippen LogP contribution in [0.3, 0.4) is 0 Å². The molecule has 1 aromatic heterocycles. The second-order valence-corrected chi connectivity index (χ2v) is 8.30. The van der Waals surface area contributed by atoms with Crippen LogP contribution in [0.25, 0.3) is 10.9 Å². The molecule has 1 saturated heterocycles. The third kappa shape index (κ3) is 2.87. The number of carbonyl (C=O) groups is 2. The van der Waals surface area contributed by atoms with E-state index in [9.17, 15) is 9.59 Å². The number of ether oxygens (including phenoxy) is 2. The van der Waals surface area contributed by atoms with Crippen LogP contribution in [0.15, 0.2) is 42.5 Å². The Morgan fingerprint density at radius 2 is 1.88 bits per heavy atom. The standard InChI is InChI=1S/C25H27N3O4/c1-4-5-13-27-24(29)19-14-17-15-9-6-7-11-18(15)26-21(17)22(28(19)25(27)30)16-10-8-12-20(31-2)23(16)32-3/h6-12,19,22,26H,4-5,13-14H2,1-3H3/t19-,22+/m1/s1. The summed E-state index contributed by atoms with van der Waals surface area (Å²) in [6.45, 7) is 2.50. The van der Waals surface area contributed by atoms with Gasteiger partial charge in [0.05, 0.1) is 14.2 Å². The maximum Gasteiger partial charge on any atom is 0.328 e. The molecule has 0 saturated carbocycles. The van der Waals surface area contributed by atoms with E-state index < -0.39 is 12.1 Å². The van der Waals surface area contributed by atoms with Crippen molar-refractivity contribution in [2.45, 2.75) is 38.3 Å². The van der Waals surface area contributed by atoms with E-state index in [0.29, 0.717) is 24.5 Å². The third-order valence-electron chi connectivity index (χ3n) is 6.60. The largest absolute Gasteiger partial charge is 0.493 e. The number of imide groups is 1. The third-order valence-corrected chi connectivity index (χ3v) is 6.60. The summed E-state index contributed by atoms with van der Waals surface area (Å²) in [7, 11) is 3.19. The number of rotatable bonds is 6. The minimum atomic E-state index is -0.535. The van der Waals surface area contributed by atoms with E-state index in [0.717, 1.165) is 40.6 Å². The number of nitrogens with one attached hydrogen (secondary N) is 1. The first-order chi connectivity index (χ1) is 15.6. The van der Waals surface area contributed by atoms with Crippen molar-refractivity contribution in [1.82, 2.24) is 14.8 Å². The molecule has 2 aromatic carbocycles. The van der Waals surface area contributed by atoms with Crippen LogP contribution in [0.1, 0.15) is 42.6 Å². The van der Waals surface area contributed by atoms with Crippen LogP contribution in [-0.4, -0.2) is 53.5 Å². The summed E-state index contributed by atoms with van der Waals surface area (Å²) in [5.41, 5.74) is 3.79. The van der Waals surface area contributed by atoms with Gasteiger partial charge in [0, 0.05) is 35.1 Å². The number of H-pyrrole nitrogens is 1. The summed E-state index contributed by atoms with van der Waals surface area (Å²) in [5.74, 6) is 1.04. The molecule has 2 aliphatic heterocycles. The highest BCUT2D eigenvalue weighted by atomic mass is 16.5. The number of nitrogens with zero attached hydrogens (tertiary/aromatic N) is 2. The number of benzene rings is 2. The summed E-state index contributed by atoms with van der Waals surface area (Å²) in [6, 6.07) is 12.5. The molecular weight excluding hydrogens is 406 g/mol. The molecule has 0 aliphatic carbocycles. The summed E-state index contributed by atoms with van der Waals surface area (Å²) < 4.78 is 11.3. The Morgan fingerprint density at radius 1 is 1.06 bits per heavy atom. The number of fused-ring (bicyclic) bond motifs is 4. The van der Waals surface area contributed by atoms with E-state index in [4.69, 9.17) is 9.47 Å². The van der Waals surface area contributed by atoms with Gasteiger partial charge in [0.1, 0.15) is 12.1 Å². The normalized spacial score (nSPS) is 20.0. The molecule has 0 spiro atoms. The van der Waals surface area contributed by atoms with Gasteiger partial charge in [-0.25, -0.2) is 4.79 Å². The van der Waals surface area contributed by atoms with Gasteiger partial charge in [0.25, 0.3) is 5.91 Å². The first kappa shape index (κ1) is 20.4. The van der Waals surface area contributed by atoms with Crippen molar-refractivity contribution >= 4 is 22.8 Å². The number of methoxy groups -OCH3 is 2. The lowest BCUT2D eigenvalue weighted by molar-refractivity contribution is -0.128. The second kappa shape index (κ2) is 7.89. The van der Waals surface area contributed by atoms with Crippen LogP contribution in [0.4, 0.5) is 4.79 Å². The zero-order valence-corrected chi connectivity index (χ0v) is 18.6. The molecular formula is C25H27N3O4. The van der Waals surface area contributed by atoms with Crippen molar-refractivity contribution in [3.05, 3.63) is 59.3 Å². The van der Waals surface area contributed by atoms with E-state index in [1.165, 1.54) is 4.90 Å². The molecule has 7 nitrogen and oxygen atoms in total. The van der Waals surface area contributed by atoms with Gasteiger partial charge in [-0.1, -0.05) is 43.7 Å². The fraction of sp³-hybridized carbons (Fsp3) is 0.360. The van der Waals surface area contributed by atoms with Crippen LogP contribution in [0.2, 0.25) is 0 Å². The van der Waals surface area contributed by atoms with Crippen LogP contribution in [-0.2, 0) is 11.2 Å². The minimum absolute atomic E-state index is 0.119. The van der Waals surface area contributed by atoms with Crippen LogP contribution in [0, 0.1) is 0 Å². The average molecular weight is 434 g/mol. The molecule has 2 aliphatic rings. The van der Waals surface area contributed by atoms with Crippen molar-refractivity contribution < 1.29 is 19.1 Å². The molecule has 166 valence electrons.